The molecule has 0 fully saturated rings. The summed E-state index contributed by atoms with van der Waals surface area (Å²) < 4.78 is 0. The molecule has 0 aliphatic carbocycles. The van der Waals surface area contributed by atoms with Gasteiger partial charge in [-0.3, -0.25) is 9.59 Å². The number of nitrogens with one attached hydrogen (secondary N) is 1. The summed E-state index contributed by atoms with van der Waals surface area (Å²) in [6.07, 6.45) is 0.862. The van der Waals surface area contributed by atoms with E-state index in [0.29, 0.717) is 19.4 Å². The van der Waals surface area contributed by atoms with E-state index in [1.165, 1.54) is 6.92 Å². The highest BCUT2D eigenvalue weighted by atomic mass is 16.4. The predicted molar refractivity (Wildman–Crippen MR) is 50.7 cm³/mol. The van der Waals surface area contributed by atoms with Crippen LogP contribution in [0.2, 0.25) is 0 Å². The quantitative estimate of drug-likeness (QED) is 0.418. The second-order valence-corrected chi connectivity index (χ2v) is 3.34. The van der Waals surface area contributed by atoms with Gasteiger partial charge in [0.2, 0.25) is 5.91 Å². The Bertz CT molecular complexity index is 203. The van der Waals surface area contributed by atoms with E-state index in [9.17, 15) is 9.59 Å². The molecular weight excluding hydrogens is 186 g/mol. The fourth-order valence-electron chi connectivity index (χ4n) is 0.874. The lowest BCUT2D eigenvalue weighted by atomic mass is 10.1. The number of aliphatic carboxylic acids is 1. The molecule has 2 atom stereocenters. The molecule has 0 heterocycles. The van der Waals surface area contributed by atoms with Gasteiger partial charge in [-0.05, 0) is 26.7 Å². The number of carbonyl (C=O) groups excluding carboxylic acids is 1. The molecule has 82 valence electrons. The van der Waals surface area contributed by atoms with Crippen molar-refractivity contribution >= 4 is 11.9 Å². The van der Waals surface area contributed by atoms with Crippen molar-refractivity contribution < 1.29 is 19.8 Å². The van der Waals surface area contributed by atoms with Gasteiger partial charge in [-0.1, -0.05) is 0 Å². The molecule has 14 heavy (non-hydrogen) atoms. The maximum absolute atomic E-state index is 11.1. The summed E-state index contributed by atoms with van der Waals surface area (Å²) in [5.41, 5.74) is 0. The van der Waals surface area contributed by atoms with Crippen LogP contribution in [0, 0.1) is 5.92 Å². The van der Waals surface area contributed by atoms with Crippen molar-refractivity contribution in [2.24, 2.45) is 5.92 Å². The second-order valence-electron chi connectivity index (χ2n) is 3.34. The highest BCUT2D eigenvalue weighted by molar-refractivity contribution is 5.96. The van der Waals surface area contributed by atoms with Crippen molar-refractivity contribution in [2.45, 2.75) is 32.8 Å². The Morgan fingerprint density at radius 2 is 1.93 bits per heavy atom. The van der Waals surface area contributed by atoms with Gasteiger partial charge in [0.25, 0.3) is 0 Å². The first-order chi connectivity index (χ1) is 6.45. The van der Waals surface area contributed by atoms with Crippen molar-refractivity contribution in [3.63, 3.8) is 0 Å². The number of hydrogen-bond acceptors (Lipinski definition) is 3. The third-order valence-electron chi connectivity index (χ3n) is 1.86. The summed E-state index contributed by atoms with van der Waals surface area (Å²) in [6, 6.07) is 0. The lowest BCUT2D eigenvalue weighted by Crippen LogP contribution is -2.34. The Morgan fingerprint density at radius 1 is 1.36 bits per heavy atom. The number of carboxylic acid groups (broad SMARTS) is 1. The van der Waals surface area contributed by atoms with E-state index in [2.05, 4.69) is 5.32 Å². The highest BCUT2D eigenvalue weighted by Crippen LogP contribution is 1.96. The van der Waals surface area contributed by atoms with Gasteiger partial charge in [-0.25, -0.2) is 0 Å². The summed E-state index contributed by atoms with van der Waals surface area (Å²) in [5, 5.41) is 19.9. The van der Waals surface area contributed by atoms with Crippen molar-refractivity contribution in [1.29, 1.82) is 0 Å². The van der Waals surface area contributed by atoms with Crippen LogP contribution in [0.15, 0.2) is 0 Å². The molecule has 0 aromatic carbocycles. The average Bonchev–Trinajstić information content (AvgIpc) is 2.10. The minimum atomic E-state index is -1.13. The largest absolute Gasteiger partial charge is 0.481 e. The first kappa shape index (κ1) is 12.9. The minimum Gasteiger partial charge on any atom is -0.481 e. The third kappa shape index (κ3) is 5.53. The smallest absolute Gasteiger partial charge is 0.315 e. The average molecular weight is 203 g/mol. The van der Waals surface area contributed by atoms with E-state index < -0.39 is 17.8 Å². The zero-order valence-electron chi connectivity index (χ0n) is 8.49. The lowest BCUT2D eigenvalue weighted by Gasteiger charge is -2.08. The molecule has 3 N–H and O–H groups in total. The number of carboxylic acids is 1. The SMILES string of the molecule is CC(O)CCCNC(=O)C(C)C(=O)O. The Balaban J connectivity index is 3.59. The summed E-state index contributed by atoms with van der Waals surface area (Å²) in [5.74, 6) is -2.62. The van der Waals surface area contributed by atoms with Gasteiger partial charge in [-0.15, -0.1) is 0 Å². The zero-order chi connectivity index (χ0) is 11.1. The maximum atomic E-state index is 11.1. The second kappa shape index (κ2) is 6.37. The van der Waals surface area contributed by atoms with Gasteiger partial charge < -0.3 is 15.5 Å². The van der Waals surface area contributed by atoms with Gasteiger partial charge >= 0.3 is 5.97 Å². The van der Waals surface area contributed by atoms with Crippen molar-refractivity contribution in [2.75, 3.05) is 6.54 Å². The van der Waals surface area contributed by atoms with Crippen LogP contribution in [0.4, 0.5) is 0 Å². The molecule has 5 nitrogen and oxygen atoms in total. The van der Waals surface area contributed by atoms with Crippen molar-refractivity contribution in [3.8, 4) is 0 Å². The predicted octanol–water partition coefficient (Wildman–Crippen LogP) is -0.0157. The fourth-order valence-corrected chi connectivity index (χ4v) is 0.874. The topological polar surface area (TPSA) is 86.6 Å². The zero-order valence-corrected chi connectivity index (χ0v) is 8.49. The first-order valence-electron chi connectivity index (χ1n) is 4.63. The van der Waals surface area contributed by atoms with Gasteiger partial charge in [0, 0.05) is 6.54 Å². The van der Waals surface area contributed by atoms with Crippen LogP contribution in [-0.2, 0) is 9.59 Å². The van der Waals surface area contributed by atoms with Gasteiger partial charge in [0.05, 0.1) is 6.10 Å². The number of carbonyl (C=O) groups is 2. The third-order valence-corrected chi connectivity index (χ3v) is 1.86. The molecule has 0 rings (SSSR count). The number of amides is 1. The van der Waals surface area contributed by atoms with Crippen LogP contribution < -0.4 is 5.32 Å². The molecule has 0 aromatic heterocycles. The Labute approximate surface area is 83.1 Å². The standard InChI is InChI=1S/C9H17NO4/c1-6(11)4-3-5-10-8(12)7(2)9(13)14/h6-7,11H,3-5H2,1-2H3,(H,10,12)(H,13,14). The summed E-state index contributed by atoms with van der Waals surface area (Å²) in [6.45, 7) is 3.41. The van der Waals surface area contributed by atoms with Crippen LogP contribution in [0.5, 0.6) is 0 Å². The van der Waals surface area contributed by atoms with Crippen LogP contribution in [0.25, 0.3) is 0 Å². The molecule has 1 amide bonds. The number of hydrogen-bond donors (Lipinski definition) is 3. The molecule has 0 spiro atoms. The van der Waals surface area contributed by atoms with Crippen LogP contribution in [0.3, 0.4) is 0 Å². The molecule has 0 bridgehead atoms. The van der Waals surface area contributed by atoms with Gasteiger partial charge in [0.15, 0.2) is 0 Å². The van der Waals surface area contributed by atoms with E-state index >= 15 is 0 Å². The van der Waals surface area contributed by atoms with E-state index in [-0.39, 0.29) is 6.10 Å². The molecular formula is C9H17NO4. The molecule has 0 aromatic rings. The van der Waals surface area contributed by atoms with Crippen LogP contribution in [0.1, 0.15) is 26.7 Å². The molecule has 0 saturated heterocycles. The van der Waals surface area contributed by atoms with E-state index in [4.69, 9.17) is 10.2 Å². The van der Waals surface area contributed by atoms with Gasteiger partial charge in [-0.2, -0.15) is 0 Å². The first-order valence-corrected chi connectivity index (χ1v) is 4.63. The monoisotopic (exact) mass is 203 g/mol. The van der Waals surface area contributed by atoms with Crippen LogP contribution in [-0.4, -0.2) is 34.7 Å². The molecule has 0 saturated carbocycles. The van der Waals surface area contributed by atoms with E-state index in [0.717, 1.165) is 0 Å². The van der Waals surface area contributed by atoms with Gasteiger partial charge in [0.1, 0.15) is 5.92 Å². The van der Waals surface area contributed by atoms with Crippen LogP contribution >= 0.6 is 0 Å². The number of rotatable bonds is 6. The highest BCUT2D eigenvalue weighted by Gasteiger charge is 2.19. The molecule has 0 aliphatic rings. The Kier molecular flexibility index (Phi) is 5.87. The maximum Gasteiger partial charge on any atom is 0.315 e. The summed E-state index contributed by atoms with van der Waals surface area (Å²) in [4.78, 5) is 21.5. The van der Waals surface area contributed by atoms with Crippen molar-refractivity contribution in [1.82, 2.24) is 5.32 Å². The normalized spacial score (nSPS) is 14.5. The van der Waals surface area contributed by atoms with Crippen molar-refractivity contribution in [3.05, 3.63) is 0 Å². The number of aliphatic hydroxyl groups is 1. The lowest BCUT2D eigenvalue weighted by molar-refractivity contribution is -0.146. The number of aliphatic hydroxyl groups excluding tert-OH is 1. The summed E-state index contributed by atoms with van der Waals surface area (Å²) >= 11 is 0. The molecule has 5 heteroatoms. The summed E-state index contributed by atoms with van der Waals surface area (Å²) in [7, 11) is 0. The molecule has 2 unspecified atom stereocenters. The Morgan fingerprint density at radius 3 is 2.36 bits per heavy atom. The van der Waals surface area contributed by atoms with E-state index in [1.807, 2.05) is 0 Å². The Hall–Kier alpha value is -1.10. The minimum absolute atomic E-state index is 0.385. The molecule has 0 aliphatic heterocycles. The fraction of sp³-hybridized carbons (Fsp3) is 0.778. The molecule has 0 radical (unpaired) electrons. The van der Waals surface area contributed by atoms with E-state index in [1.54, 1.807) is 6.92 Å².